The van der Waals surface area contributed by atoms with Crippen molar-refractivity contribution < 1.29 is 14.4 Å². The number of amides is 4. The van der Waals surface area contributed by atoms with Crippen molar-refractivity contribution in [3.05, 3.63) is 66.1 Å². The fourth-order valence-corrected chi connectivity index (χ4v) is 3.45. The van der Waals surface area contributed by atoms with Crippen LogP contribution in [0.25, 0.3) is 10.9 Å². The summed E-state index contributed by atoms with van der Waals surface area (Å²) in [7, 11) is 0. The number of nitrogens with one attached hydrogen (secondary N) is 3. The van der Waals surface area contributed by atoms with Crippen molar-refractivity contribution in [2.75, 3.05) is 6.54 Å². The lowest BCUT2D eigenvalue weighted by molar-refractivity contribution is -0.130. The smallest absolute Gasteiger partial charge is 0.324 e. The van der Waals surface area contributed by atoms with Gasteiger partial charge in [0.25, 0.3) is 5.91 Å². The molecule has 29 heavy (non-hydrogen) atoms. The van der Waals surface area contributed by atoms with E-state index in [1.807, 2.05) is 36.5 Å². The molecule has 3 heterocycles. The zero-order valence-corrected chi connectivity index (χ0v) is 15.7. The van der Waals surface area contributed by atoms with Crippen LogP contribution in [0.1, 0.15) is 17.7 Å². The van der Waals surface area contributed by atoms with Gasteiger partial charge >= 0.3 is 6.03 Å². The van der Waals surface area contributed by atoms with Gasteiger partial charge in [-0.05, 0) is 30.2 Å². The molecule has 0 aliphatic carbocycles. The van der Waals surface area contributed by atoms with Crippen molar-refractivity contribution in [2.45, 2.75) is 25.4 Å². The highest BCUT2D eigenvalue weighted by molar-refractivity contribution is 6.05. The molecule has 0 saturated carbocycles. The summed E-state index contributed by atoms with van der Waals surface area (Å²) in [5.74, 6) is -0.685. The van der Waals surface area contributed by atoms with Crippen LogP contribution in [-0.2, 0) is 22.6 Å². The molecular weight excluding hydrogens is 370 g/mol. The number of hydrogen-bond acceptors (Lipinski definition) is 4. The van der Waals surface area contributed by atoms with E-state index in [1.165, 1.54) is 4.90 Å². The molecule has 1 atom stereocenters. The highest BCUT2D eigenvalue weighted by Crippen LogP contribution is 2.19. The van der Waals surface area contributed by atoms with E-state index in [-0.39, 0.29) is 31.3 Å². The second-order valence-electron chi connectivity index (χ2n) is 6.90. The molecule has 4 amide bonds. The molecule has 0 radical (unpaired) electrons. The van der Waals surface area contributed by atoms with Gasteiger partial charge in [0.1, 0.15) is 6.04 Å². The summed E-state index contributed by atoms with van der Waals surface area (Å²) in [6, 6.07) is 12.0. The summed E-state index contributed by atoms with van der Waals surface area (Å²) in [5, 5.41) is 6.40. The predicted octanol–water partition coefficient (Wildman–Crippen LogP) is 1.73. The molecule has 1 fully saturated rings. The van der Waals surface area contributed by atoms with Crippen molar-refractivity contribution in [1.82, 2.24) is 25.5 Å². The van der Waals surface area contributed by atoms with Gasteiger partial charge in [0.15, 0.2) is 0 Å². The minimum Gasteiger partial charge on any atom is -0.361 e. The van der Waals surface area contributed by atoms with Gasteiger partial charge in [0, 0.05) is 29.8 Å². The Bertz CT molecular complexity index is 1050. The number of benzene rings is 1. The molecule has 8 nitrogen and oxygen atoms in total. The minimum absolute atomic E-state index is 0.0962. The van der Waals surface area contributed by atoms with E-state index in [9.17, 15) is 14.4 Å². The van der Waals surface area contributed by atoms with Gasteiger partial charge in [-0.15, -0.1) is 0 Å². The quantitative estimate of drug-likeness (QED) is 0.533. The Morgan fingerprint density at radius 2 is 1.97 bits per heavy atom. The first-order valence-corrected chi connectivity index (χ1v) is 9.45. The summed E-state index contributed by atoms with van der Waals surface area (Å²) < 4.78 is 0. The molecule has 8 heteroatoms. The largest absolute Gasteiger partial charge is 0.361 e. The van der Waals surface area contributed by atoms with Crippen LogP contribution in [0, 0.1) is 0 Å². The van der Waals surface area contributed by atoms with Crippen molar-refractivity contribution >= 4 is 28.7 Å². The number of para-hydroxylation sites is 1. The Balaban J connectivity index is 1.31. The van der Waals surface area contributed by atoms with Crippen LogP contribution >= 0.6 is 0 Å². The van der Waals surface area contributed by atoms with E-state index in [4.69, 9.17) is 0 Å². The summed E-state index contributed by atoms with van der Waals surface area (Å²) in [4.78, 5) is 45.5. The minimum atomic E-state index is -0.839. The summed E-state index contributed by atoms with van der Waals surface area (Å²) >= 11 is 0. The number of aromatic nitrogens is 2. The predicted molar refractivity (Wildman–Crippen MR) is 107 cm³/mol. The molecule has 1 aliphatic heterocycles. The van der Waals surface area contributed by atoms with Gasteiger partial charge in [-0.1, -0.05) is 24.3 Å². The summed E-state index contributed by atoms with van der Waals surface area (Å²) in [6.45, 7) is 0.539. The van der Waals surface area contributed by atoms with Crippen LogP contribution in [0.5, 0.6) is 0 Å². The lowest BCUT2D eigenvalue weighted by Crippen LogP contribution is -2.36. The Morgan fingerprint density at radius 1 is 1.14 bits per heavy atom. The monoisotopic (exact) mass is 391 g/mol. The second-order valence-corrected chi connectivity index (χ2v) is 6.90. The Labute approximate surface area is 167 Å². The number of urea groups is 1. The van der Waals surface area contributed by atoms with Gasteiger partial charge in [-0.2, -0.15) is 0 Å². The number of nitrogens with zero attached hydrogens (tertiary/aromatic N) is 2. The number of carbonyl (C=O) groups is 3. The highest BCUT2D eigenvalue weighted by atomic mass is 16.2. The van der Waals surface area contributed by atoms with Crippen molar-refractivity contribution in [3.8, 4) is 0 Å². The molecule has 0 bridgehead atoms. The normalized spacial score (nSPS) is 16.3. The maximum atomic E-state index is 12.6. The van der Waals surface area contributed by atoms with Crippen LogP contribution in [0.3, 0.4) is 0 Å². The summed E-state index contributed by atoms with van der Waals surface area (Å²) in [6.07, 6.45) is 3.99. The fourth-order valence-electron chi connectivity index (χ4n) is 3.45. The van der Waals surface area contributed by atoms with Gasteiger partial charge in [0.2, 0.25) is 5.91 Å². The SMILES string of the molecule is O=C(C[C@H]1NC(=O)N(CCc2c[nH]c3ccccc23)C1=O)NCc1ccccn1. The lowest BCUT2D eigenvalue weighted by atomic mass is 10.1. The second kappa shape index (κ2) is 8.14. The number of pyridine rings is 1. The van der Waals surface area contributed by atoms with Gasteiger partial charge in [-0.3, -0.25) is 19.5 Å². The van der Waals surface area contributed by atoms with E-state index < -0.39 is 12.1 Å². The van der Waals surface area contributed by atoms with Gasteiger partial charge in [0.05, 0.1) is 18.7 Å². The van der Waals surface area contributed by atoms with Crippen molar-refractivity contribution in [2.24, 2.45) is 0 Å². The maximum absolute atomic E-state index is 12.6. The number of rotatable bonds is 7. The number of imide groups is 1. The molecule has 1 aliphatic rings. The van der Waals surface area contributed by atoms with Crippen LogP contribution in [0.2, 0.25) is 0 Å². The number of carbonyl (C=O) groups excluding carboxylic acids is 3. The Morgan fingerprint density at radius 3 is 2.79 bits per heavy atom. The lowest BCUT2D eigenvalue weighted by Gasteiger charge is -2.12. The van der Waals surface area contributed by atoms with Crippen LogP contribution in [0.15, 0.2) is 54.9 Å². The molecule has 3 N–H and O–H groups in total. The number of fused-ring (bicyclic) bond motifs is 1. The fraction of sp³-hybridized carbons (Fsp3) is 0.238. The third-order valence-corrected chi connectivity index (χ3v) is 4.97. The number of hydrogen-bond donors (Lipinski definition) is 3. The maximum Gasteiger partial charge on any atom is 0.324 e. The molecule has 4 rings (SSSR count). The van der Waals surface area contributed by atoms with E-state index in [2.05, 4.69) is 20.6 Å². The van der Waals surface area contributed by atoms with E-state index in [1.54, 1.807) is 18.3 Å². The number of H-pyrrole nitrogens is 1. The van der Waals surface area contributed by atoms with Gasteiger partial charge < -0.3 is 15.6 Å². The zero-order valence-electron chi connectivity index (χ0n) is 15.7. The Hall–Kier alpha value is -3.68. The van der Waals surface area contributed by atoms with E-state index >= 15 is 0 Å². The third-order valence-electron chi connectivity index (χ3n) is 4.97. The van der Waals surface area contributed by atoms with Crippen LogP contribution in [-0.4, -0.2) is 45.3 Å². The van der Waals surface area contributed by atoms with E-state index in [0.29, 0.717) is 6.42 Å². The molecule has 148 valence electrons. The van der Waals surface area contributed by atoms with Gasteiger partial charge in [-0.25, -0.2) is 4.79 Å². The first-order valence-electron chi connectivity index (χ1n) is 9.45. The first kappa shape index (κ1) is 18.7. The number of aromatic amines is 1. The van der Waals surface area contributed by atoms with Crippen LogP contribution in [0.4, 0.5) is 4.79 Å². The van der Waals surface area contributed by atoms with Crippen molar-refractivity contribution in [3.63, 3.8) is 0 Å². The molecule has 2 aromatic heterocycles. The highest BCUT2D eigenvalue weighted by Gasteiger charge is 2.38. The average Bonchev–Trinajstić information content (AvgIpc) is 3.26. The Kier molecular flexibility index (Phi) is 5.24. The molecule has 1 saturated heterocycles. The molecule has 0 unspecified atom stereocenters. The zero-order chi connectivity index (χ0) is 20.2. The molecule has 0 spiro atoms. The van der Waals surface area contributed by atoms with Crippen LogP contribution < -0.4 is 10.6 Å². The topological polar surface area (TPSA) is 107 Å². The third kappa shape index (κ3) is 4.11. The summed E-state index contributed by atoms with van der Waals surface area (Å²) in [5.41, 5.74) is 2.78. The molecule has 3 aromatic rings. The average molecular weight is 391 g/mol. The molecule has 1 aromatic carbocycles. The molecular formula is C21H21N5O3. The first-order chi connectivity index (χ1) is 14.1. The van der Waals surface area contributed by atoms with E-state index in [0.717, 1.165) is 22.2 Å². The van der Waals surface area contributed by atoms with Crippen molar-refractivity contribution in [1.29, 1.82) is 0 Å². The standard InChI is InChI=1S/C21H21N5O3/c27-19(24-13-15-5-3-4-9-22-15)11-18-20(28)26(21(29)25-18)10-8-14-12-23-17-7-2-1-6-16(14)17/h1-7,9,12,18,23H,8,10-11,13H2,(H,24,27)(H,25,29)/t18-/m1/s1.